The zero-order valence-corrected chi connectivity index (χ0v) is 13.4. The van der Waals surface area contributed by atoms with E-state index in [-0.39, 0.29) is 11.3 Å². The van der Waals surface area contributed by atoms with Crippen LogP contribution >= 0.6 is 0 Å². The van der Waals surface area contributed by atoms with Crippen molar-refractivity contribution in [1.29, 1.82) is 0 Å². The number of amides is 1. The molecular weight excluding hydrogens is 284 g/mol. The van der Waals surface area contributed by atoms with Crippen molar-refractivity contribution < 1.29 is 18.8 Å². The number of rotatable bonds is 4. The Labute approximate surface area is 129 Å². The summed E-state index contributed by atoms with van der Waals surface area (Å²) < 4.78 is 15.5. The van der Waals surface area contributed by atoms with E-state index in [1.807, 2.05) is 20.8 Å². The number of ether oxygens (including phenoxy) is 2. The fourth-order valence-corrected chi connectivity index (χ4v) is 1.85. The topological polar surface area (TPSA) is 73.6 Å². The minimum absolute atomic E-state index is 0.149. The van der Waals surface area contributed by atoms with Crippen LogP contribution in [0.5, 0.6) is 11.5 Å². The quantitative estimate of drug-likeness (QED) is 0.938. The van der Waals surface area contributed by atoms with Crippen LogP contribution in [-0.2, 0) is 5.41 Å². The highest BCUT2D eigenvalue weighted by Gasteiger charge is 2.21. The zero-order chi connectivity index (χ0) is 16.3. The SMILES string of the molecule is COc1ccc(C(=O)Nc2cc(C(C)(C)C)no2)c(OC)c1. The normalized spacial score (nSPS) is 11.1. The van der Waals surface area contributed by atoms with Gasteiger partial charge in [-0.15, -0.1) is 0 Å². The summed E-state index contributed by atoms with van der Waals surface area (Å²) in [7, 11) is 3.05. The van der Waals surface area contributed by atoms with Crippen LogP contribution in [0.4, 0.5) is 5.88 Å². The van der Waals surface area contributed by atoms with Gasteiger partial charge in [0.15, 0.2) is 0 Å². The molecule has 1 aromatic heterocycles. The Morgan fingerprint density at radius 3 is 2.45 bits per heavy atom. The maximum atomic E-state index is 12.3. The molecule has 0 aliphatic heterocycles. The van der Waals surface area contributed by atoms with Gasteiger partial charge < -0.3 is 14.0 Å². The van der Waals surface area contributed by atoms with Crippen molar-refractivity contribution in [3.63, 3.8) is 0 Å². The van der Waals surface area contributed by atoms with E-state index in [0.29, 0.717) is 22.9 Å². The molecule has 0 aliphatic carbocycles. The highest BCUT2D eigenvalue weighted by atomic mass is 16.5. The van der Waals surface area contributed by atoms with Gasteiger partial charge in [-0.1, -0.05) is 25.9 Å². The molecule has 0 radical (unpaired) electrons. The Bertz CT molecular complexity index is 671. The molecule has 0 saturated heterocycles. The summed E-state index contributed by atoms with van der Waals surface area (Å²) in [5.41, 5.74) is 1.01. The van der Waals surface area contributed by atoms with Gasteiger partial charge in [-0.2, -0.15) is 0 Å². The van der Waals surface area contributed by atoms with E-state index in [1.54, 1.807) is 31.4 Å². The number of nitrogens with one attached hydrogen (secondary N) is 1. The summed E-state index contributed by atoms with van der Waals surface area (Å²) in [5, 5.41) is 6.64. The third-order valence-electron chi connectivity index (χ3n) is 3.17. The molecule has 0 atom stereocenters. The third-order valence-corrected chi connectivity index (χ3v) is 3.17. The molecule has 6 heteroatoms. The predicted molar refractivity (Wildman–Crippen MR) is 82.7 cm³/mol. The molecule has 0 spiro atoms. The van der Waals surface area contributed by atoms with E-state index < -0.39 is 0 Å². The average molecular weight is 304 g/mol. The first-order valence-electron chi connectivity index (χ1n) is 6.85. The highest BCUT2D eigenvalue weighted by molar-refractivity contribution is 6.05. The van der Waals surface area contributed by atoms with Crippen molar-refractivity contribution in [2.24, 2.45) is 0 Å². The summed E-state index contributed by atoms with van der Waals surface area (Å²) >= 11 is 0. The Balaban J connectivity index is 2.20. The van der Waals surface area contributed by atoms with Crippen molar-refractivity contribution in [3.05, 3.63) is 35.5 Å². The summed E-state index contributed by atoms with van der Waals surface area (Å²) in [6.07, 6.45) is 0. The van der Waals surface area contributed by atoms with Gasteiger partial charge in [-0.25, -0.2) is 0 Å². The van der Waals surface area contributed by atoms with E-state index in [4.69, 9.17) is 14.0 Å². The molecule has 1 aromatic carbocycles. The number of benzene rings is 1. The molecule has 22 heavy (non-hydrogen) atoms. The zero-order valence-electron chi connectivity index (χ0n) is 13.4. The molecule has 0 fully saturated rings. The first-order chi connectivity index (χ1) is 10.3. The van der Waals surface area contributed by atoms with E-state index in [0.717, 1.165) is 5.69 Å². The minimum atomic E-state index is -0.337. The molecule has 2 rings (SSSR count). The molecule has 1 heterocycles. The van der Waals surface area contributed by atoms with Crippen LogP contribution in [-0.4, -0.2) is 25.3 Å². The predicted octanol–water partition coefficient (Wildman–Crippen LogP) is 3.24. The Morgan fingerprint density at radius 2 is 1.91 bits per heavy atom. The van der Waals surface area contributed by atoms with Gasteiger partial charge in [-0.3, -0.25) is 10.1 Å². The van der Waals surface area contributed by atoms with Gasteiger partial charge >= 0.3 is 0 Å². The van der Waals surface area contributed by atoms with Crippen LogP contribution in [0.2, 0.25) is 0 Å². The number of nitrogens with zero attached hydrogens (tertiary/aromatic N) is 1. The fourth-order valence-electron chi connectivity index (χ4n) is 1.85. The van der Waals surface area contributed by atoms with Gasteiger partial charge in [0.2, 0.25) is 5.88 Å². The van der Waals surface area contributed by atoms with Crippen molar-refractivity contribution in [2.75, 3.05) is 19.5 Å². The molecule has 1 amide bonds. The summed E-state index contributed by atoms with van der Waals surface area (Å²) in [5.74, 6) is 0.999. The molecule has 0 aliphatic rings. The Morgan fingerprint density at radius 1 is 1.18 bits per heavy atom. The monoisotopic (exact) mass is 304 g/mol. The number of anilines is 1. The van der Waals surface area contributed by atoms with E-state index in [9.17, 15) is 4.79 Å². The Hall–Kier alpha value is -2.50. The van der Waals surface area contributed by atoms with Crippen LogP contribution in [0.15, 0.2) is 28.8 Å². The first kappa shape index (κ1) is 15.9. The number of aromatic nitrogens is 1. The maximum Gasteiger partial charge on any atom is 0.261 e. The Kier molecular flexibility index (Phi) is 4.40. The van der Waals surface area contributed by atoms with E-state index >= 15 is 0 Å². The van der Waals surface area contributed by atoms with Crippen molar-refractivity contribution in [1.82, 2.24) is 5.16 Å². The minimum Gasteiger partial charge on any atom is -0.497 e. The van der Waals surface area contributed by atoms with E-state index in [1.165, 1.54) is 7.11 Å². The molecular formula is C16H20N2O4. The van der Waals surface area contributed by atoms with Gasteiger partial charge in [0.1, 0.15) is 11.5 Å². The smallest absolute Gasteiger partial charge is 0.261 e. The largest absolute Gasteiger partial charge is 0.497 e. The van der Waals surface area contributed by atoms with Gasteiger partial charge in [0.25, 0.3) is 5.91 Å². The van der Waals surface area contributed by atoms with Crippen molar-refractivity contribution in [2.45, 2.75) is 26.2 Å². The second-order valence-corrected chi connectivity index (χ2v) is 5.85. The van der Waals surface area contributed by atoms with Gasteiger partial charge in [0, 0.05) is 17.5 Å². The molecule has 118 valence electrons. The van der Waals surface area contributed by atoms with Gasteiger partial charge in [0.05, 0.1) is 25.5 Å². The van der Waals surface area contributed by atoms with Crippen LogP contribution in [0.3, 0.4) is 0 Å². The average Bonchev–Trinajstić information content (AvgIpc) is 2.95. The lowest BCUT2D eigenvalue weighted by atomic mass is 9.92. The van der Waals surface area contributed by atoms with Gasteiger partial charge in [-0.05, 0) is 12.1 Å². The molecule has 0 unspecified atom stereocenters. The molecule has 2 aromatic rings. The highest BCUT2D eigenvalue weighted by Crippen LogP contribution is 2.27. The van der Waals surface area contributed by atoms with Crippen LogP contribution in [0.1, 0.15) is 36.8 Å². The van der Waals surface area contributed by atoms with Crippen molar-refractivity contribution in [3.8, 4) is 11.5 Å². The van der Waals surface area contributed by atoms with Crippen LogP contribution < -0.4 is 14.8 Å². The van der Waals surface area contributed by atoms with Crippen molar-refractivity contribution >= 4 is 11.8 Å². The molecule has 1 N–H and O–H groups in total. The number of hydrogen-bond donors (Lipinski definition) is 1. The summed E-state index contributed by atoms with van der Waals surface area (Å²) in [6.45, 7) is 6.05. The molecule has 6 nitrogen and oxygen atoms in total. The van der Waals surface area contributed by atoms with Crippen LogP contribution in [0, 0.1) is 0 Å². The van der Waals surface area contributed by atoms with E-state index in [2.05, 4.69) is 10.5 Å². The summed E-state index contributed by atoms with van der Waals surface area (Å²) in [4.78, 5) is 12.3. The lowest BCUT2D eigenvalue weighted by molar-refractivity contribution is 0.102. The first-order valence-corrected chi connectivity index (χ1v) is 6.85. The molecule has 0 bridgehead atoms. The standard InChI is InChI=1S/C16H20N2O4/c1-16(2,3)13-9-14(22-18-13)17-15(19)11-7-6-10(20-4)8-12(11)21-5/h6-9H,1-5H3,(H,17,19). The van der Waals surface area contributed by atoms with Crippen LogP contribution in [0.25, 0.3) is 0 Å². The lowest BCUT2D eigenvalue weighted by Gasteiger charge is -2.12. The third kappa shape index (κ3) is 3.39. The second kappa shape index (κ2) is 6.09. The lowest BCUT2D eigenvalue weighted by Crippen LogP contribution is -2.13. The number of hydrogen-bond acceptors (Lipinski definition) is 5. The summed E-state index contributed by atoms with van der Waals surface area (Å²) in [6, 6.07) is 6.69. The molecule has 0 saturated carbocycles. The number of carbonyl (C=O) groups excluding carboxylic acids is 1. The fraction of sp³-hybridized carbons (Fsp3) is 0.375. The number of carbonyl (C=O) groups is 1. The second-order valence-electron chi connectivity index (χ2n) is 5.85. The number of methoxy groups -OCH3 is 2. The maximum absolute atomic E-state index is 12.3.